The van der Waals surface area contributed by atoms with Gasteiger partial charge in [0.2, 0.25) is 0 Å². The molecule has 0 aliphatic carbocycles. The van der Waals surface area contributed by atoms with Crippen molar-refractivity contribution >= 4 is 17.1 Å². The molecule has 0 saturated carbocycles. The van der Waals surface area contributed by atoms with Crippen molar-refractivity contribution in [2.75, 3.05) is 0 Å². The molecule has 0 bridgehead atoms. The van der Waals surface area contributed by atoms with Crippen LogP contribution in [0.3, 0.4) is 0 Å². The SMILES string of the molecule is O=C(Cc1cnn(Cc2ccccc2)c1)c1cc(-c2nncs2)on1. The van der Waals surface area contributed by atoms with Gasteiger partial charge in [0.1, 0.15) is 5.51 Å². The third kappa shape index (κ3) is 3.53. The van der Waals surface area contributed by atoms with E-state index in [1.807, 2.05) is 41.2 Å². The molecule has 0 saturated heterocycles. The number of aromatic nitrogens is 5. The van der Waals surface area contributed by atoms with E-state index in [4.69, 9.17) is 4.52 Å². The van der Waals surface area contributed by atoms with E-state index in [9.17, 15) is 4.79 Å². The van der Waals surface area contributed by atoms with Gasteiger partial charge in [-0.25, -0.2) is 0 Å². The van der Waals surface area contributed by atoms with Gasteiger partial charge in [-0.2, -0.15) is 5.10 Å². The fourth-order valence-corrected chi connectivity index (χ4v) is 2.92. The Morgan fingerprint density at radius 2 is 2.08 bits per heavy atom. The molecule has 7 nitrogen and oxygen atoms in total. The zero-order valence-electron chi connectivity index (χ0n) is 13.1. The highest BCUT2D eigenvalue weighted by atomic mass is 32.1. The number of rotatable bonds is 6. The number of nitrogens with zero attached hydrogens (tertiary/aromatic N) is 5. The summed E-state index contributed by atoms with van der Waals surface area (Å²) in [5.74, 6) is 0.324. The molecule has 0 N–H and O–H groups in total. The average Bonchev–Trinajstić information content (AvgIpc) is 3.37. The molecule has 3 heterocycles. The van der Waals surface area contributed by atoms with E-state index in [1.165, 1.54) is 11.3 Å². The Kier molecular flexibility index (Phi) is 4.17. The lowest BCUT2D eigenvalue weighted by molar-refractivity contribution is 0.0984. The first-order valence-corrected chi connectivity index (χ1v) is 8.47. The lowest BCUT2D eigenvalue weighted by Gasteiger charge is -2.00. The Morgan fingerprint density at radius 1 is 1.20 bits per heavy atom. The van der Waals surface area contributed by atoms with Gasteiger partial charge in [0.25, 0.3) is 0 Å². The molecule has 0 fully saturated rings. The number of Topliss-reactive ketones (excluding diaryl/α,β-unsaturated/α-hetero) is 1. The maximum atomic E-state index is 12.4. The van der Waals surface area contributed by atoms with Crippen LogP contribution in [0.5, 0.6) is 0 Å². The molecule has 0 unspecified atom stereocenters. The standard InChI is InChI=1S/C17H13N5O2S/c23-15(14-7-16(24-21-14)17-20-18-11-25-17)6-13-8-19-22(10-13)9-12-4-2-1-3-5-12/h1-5,7-8,10-11H,6,9H2. The van der Waals surface area contributed by atoms with Crippen molar-refractivity contribution in [2.24, 2.45) is 0 Å². The van der Waals surface area contributed by atoms with Crippen molar-refractivity contribution in [2.45, 2.75) is 13.0 Å². The van der Waals surface area contributed by atoms with Crippen molar-refractivity contribution in [1.29, 1.82) is 0 Å². The number of hydrogen-bond acceptors (Lipinski definition) is 7. The van der Waals surface area contributed by atoms with Crippen molar-refractivity contribution in [3.63, 3.8) is 0 Å². The van der Waals surface area contributed by atoms with E-state index in [-0.39, 0.29) is 17.9 Å². The Balaban J connectivity index is 1.43. The van der Waals surface area contributed by atoms with Gasteiger partial charge in [0.15, 0.2) is 22.2 Å². The summed E-state index contributed by atoms with van der Waals surface area (Å²) in [6, 6.07) is 11.6. The quantitative estimate of drug-likeness (QED) is 0.497. The minimum Gasteiger partial charge on any atom is -0.353 e. The topological polar surface area (TPSA) is 86.7 Å². The Morgan fingerprint density at radius 3 is 2.88 bits per heavy atom. The maximum Gasteiger partial charge on any atom is 0.198 e. The summed E-state index contributed by atoms with van der Waals surface area (Å²) < 4.78 is 6.98. The minimum absolute atomic E-state index is 0.126. The molecule has 0 radical (unpaired) electrons. The first kappa shape index (κ1) is 15.4. The highest BCUT2D eigenvalue weighted by Gasteiger charge is 2.16. The predicted octanol–water partition coefficient (Wildman–Crippen LogP) is 2.86. The number of hydrogen-bond donors (Lipinski definition) is 0. The van der Waals surface area contributed by atoms with Crippen LogP contribution in [0.4, 0.5) is 0 Å². The normalized spacial score (nSPS) is 10.9. The van der Waals surface area contributed by atoms with Gasteiger partial charge in [-0.3, -0.25) is 9.48 Å². The summed E-state index contributed by atoms with van der Waals surface area (Å²) in [6.07, 6.45) is 3.79. The summed E-state index contributed by atoms with van der Waals surface area (Å²) in [7, 11) is 0. The molecular weight excluding hydrogens is 338 g/mol. The highest BCUT2D eigenvalue weighted by Crippen LogP contribution is 2.21. The second-order valence-corrected chi connectivity index (χ2v) is 6.29. The smallest absolute Gasteiger partial charge is 0.198 e. The van der Waals surface area contributed by atoms with Crippen molar-refractivity contribution < 1.29 is 9.32 Å². The third-order valence-electron chi connectivity index (χ3n) is 3.61. The molecule has 4 rings (SSSR count). The molecule has 0 spiro atoms. The molecule has 0 amide bonds. The summed E-state index contributed by atoms with van der Waals surface area (Å²) in [5, 5.41) is 16.4. The van der Waals surface area contributed by atoms with Crippen molar-refractivity contribution in [3.05, 3.63) is 71.1 Å². The van der Waals surface area contributed by atoms with Crippen LogP contribution >= 0.6 is 11.3 Å². The lowest BCUT2D eigenvalue weighted by atomic mass is 10.1. The molecular formula is C17H13N5O2S. The van der Waals surface area contributed by atoms with Gasteiger partial charge in [-0.15, -0.1) is 10.2 Å². The van der Waals surface area contributed by atoms with Crippen LogP contribution in [-0.2, 0) is 13.0 Å². The third-order valence-corrected chi connectivity index (χ3v) is 4.31. The molecule has 0 aliphatic heterocycles. The van der Waals surface area contributed by atoms with E-state index in [0.29, 0.717) is 17.3 Å². The van der Waals surface area contributed by atoms with E-state index in [2.05, 4.69) is 20.5 Å². The fourth-order valence-electron chi connectivity index (χ4n) is 2.42. The van der Waals surface area contributed by atoms with E-state index >= 15 is 0 Å². The molecule has 0 aliphatic rings. The summed E-state index contributed by atoms with van der Waals surface area (Å²) >= 11 is 1.33. The highest BCUT2D eigenvalue weighted by molar-refractivity contribution is 7.12. The molecule has 4 aromatic rings. The molecule has 3 aromatic heterocycles. The summed E-state index contributed by atoms with van der Waals surface area (Å²) in [4.78, 5) is 12.4. The first-order chi connectivity index (χ1) is 12.3. The Hall–Kier alpha value is -3.13. The van der Waals surface area contributed by atoms with E-state index in [0.717, 1.165) is 11.1 Å². The molecule has 8 heteroatoms. The van der Waals surface area contributed by atoms with Gasteiger partial charge in [-0.1, -0.05) is 46.8 Å². The van der Waals surface area contributed by atoms with Crippen LogP contribution in [0.15, 0.2) is 58.8 Å². The van der Waals surface area contributed by atoms with Crippen LogP contribution in [0.1, 0.15) is 21.6 Å². The maximum absolute atomic E-state index is 12.4. The molecule has 25 heavy (non-hydrogen) atoms. The molecule has 124 valence electrons. The monoisotopic (exact) mass is 351 g/mol. The first-order valence-electron chi connectivity index (χ1n) is 7.59. The number of benzene rings is 1. The lowest BCUT2D eigenvalue weighted by Crippen LogP contribution is -2.03. The van der Waals surface area contributed by atoms with Gasteiger partial charge in [-0.05, 0) is 11.1 Å². The summed E-state index contributed by atoms with van der Waals surface area (Å²) in [6.45, 7) is 0.667. The second-order valence-electron chi connectivity index (χ2n) is 5.45. The van der Waals surface area contributed by atoms with Crippen molar-refractivity contribution in [1.82, 2.24) is 25.1 Å². The number of carbonyl (C=O) groups excluding carboxylic acids is 1. The fraction of sp³-hybridized carbons (Fsp3) is 0.118. The second kappa shape index (κ2) is 6.78. The molecule has 0 atom stereocenters. The van der Waals surface area contributed by atoms with E-state index in [1.54, 1.807) is 17.8 Å². The van der Waals surface area contributed by atoms with Crippen LogP contribution in [0, 0.1) is 0 Å². The zero-order valence-corrected chi connectivity index (χ0v) is 13.9. The minimum atomic E-state index is -0.126. The Bertz CT molecular complexity index is 976. The van der Waals surface area contributed by atoms with Crippen LogP contribution in [-0.4, -0.2) is 30.9 Å². The van der Waals surface area contributed by atoms with Crippen LogP contribution < -0.4 is 0 Å². The average molecular weight is 351 g/mol. The van der Waals surface area contributed by atoms with Gasteiger partial charge in [0, 0.05) is 18.7 Å². The van der Waals surface area contributed by atoms with Crippen molar-refractivity contribution in [3.8, 4) is 10.8 Å². The zero-order chi connectivity index (χ0) is 17.1. The van der Waals surface area contributed by atoms with E-state index < -0.39 is 0 Å². The van der Waals surface area contributed by atoms with Crippen LogP contribution in [0.2, 0.25) is 0 Å². The Labute approximate surface area is 146 Å². The number of ketones is 1. The van der Waals surface area contributed by atoms with Gasteiger partial charge in [0.05, 0.1) is 12.7 Å². The largest absolute Gasteiger partial charge is 0.353 e. The van der Waals surface area contributed by atoms with Gasteiger partial charge >= 0.3 is 0 Å². The van der Waals surface area contributed by atoms with Crippen LogP contribution in [0.25, 0.3) is 10.8 Å². The number of carbonyl (C=O) groups is 1. The summed E-state index contributed by atoms with van der Waals surface area (Å²) in [5.41, 5.74) is 3.87. The molecule has 1 aromatic carbocycles. The predicted molar refractivity (Wildman–Crippen MR) is 91.2 cm³/mol. The van der Waals surface area contributed by atoms with Gasteiger partial charge < -0.3 is 4.52 Å².